The van der Waals surface area contributed by atoms with E-state index in [9.17, 15) is 10.1 Å². The van der Waals surface area contributed by atoms with Crippen molar-refractivity contribution in [2.24, 2.45) is 0 Å². The van der Waals surface area contributed by atoms with Gasteiger partial charge in [-0.05, 0) is 30.7 Å². The van der Waals surface area contributed by atoms with Crippen LogP contribution in [0.5, 0.6) is 0 Å². The molecule has 110 valence electrons. The molecular formula is C15H16ClN3O2. The molecule has 0 saturated carbocycles. The van der Waals surface area contributed by atoms with Crippen molar-refractivity contribution in [3.8, 4) is 0 Å². The molecule has 1 atom stereocenters. The van der Waals surface area contributed by atoms with Gasteiger partial charge in [-0.15, -0.1) is 0 Å². The molecule has 0 aliphatic rings. The fraction of sp³-hybridized carbons (Fsp3) is 0.200. The second-order valence-corrected chi connectivity index (χ2v) is 5.13. The van der Waals surface area contributed by atoms with Crippen LogP contribution in [0.2, 0.25) is 5.02 Å². The second kappa shape index (κ2) is 6.45. The molecule has 0 bridgehead atoms. The van der Waals surface area contributed by atoms with Crippen LogP contribution in [0.1, 0.15) is 18.5 Å². The van der Waals surface area contributed by atoms with Crippen LogP contribution in [-0.4, -0.2) is 12.0 Å². The fourth-order valence-electron chi connectivity index (χ4n) is 2.03. The standard InChI is InChI=1S/C15H16ClN3O2/c1-10(11-3-5-12(16)6-4-11)18-14-7-13(17-2)8-15(9-14)19(20)21/h3-10,17-18H,1-2H3. The molecule has 2 N–H and O–H groups in total. The Morgan fingerprint density at radius 3 is 2.33 bits per heavy atom. The van der Waals surface area contributed by atoms with Crippen LogP contribution >= 0.6 is 11.6 Å². The Morgan fingerprint density at radius 1 is 1.14 bits per heavy atom. The number of hydrogen-bond donors (Lipinski definition) is 2. The first-order chi connectivity index (χ1) is 9.99. The maximum absolute atomic E-state index is 10.9. The van der Waals surface area contributed by atoms with E-state index in [1.807, 2.05) is 37.3 Å². The highest BCUT2D eigenvalue weighted by molar-refractivity contribution is 6.30. The lowest BCUT2D eigenvalue weighted by atomic mass is 10.1. The maximum atomic E-state index is 10.9. The normalized spacial score (nSPS) is 11.8. The SMILES string of the molecule is CNc1cc(NC(C)c2ccc(Cl)cc2)cc([N+](=O)[O-])c1. The van der Waals surface area contributed by atoms with E-state index in [0.717, 1.165) is 5.56 Å². The highest BCUT2D eigenvalue weighted by Crippen LogP contribution is 2.27. The smallest absolute Gasteiger partial charge is 0.273 e. The molecule has 5 nitrogen and oxygen atoms in total. The highest BCUT2D eigenvalue weighted by Gasteiger charge is 2.11. The van der Waals surface area contributed by atoms with E-state index >= 15 is 0 Å². The summed E-state index contributed by atoms with van der Waals surface area (Å²) < 4.78 is 0. The van der Waals surface area contributed by atoms with Crippen LogP contribution in [0.15, 0.2) is 42.5 Å². The second-order valence-electron chi connectivity index (χ2n) is 4.69. The van der Waals surface area contributed by atoms with E-state index in [1.54, 1.807) is 7.05 Å². The Kier molecular flexibility index (Phi) is 4.65. The van der Waals surface area contributed by atoms with Crippen molar-refractivity contribution < 1.29 is 4.92 Å². The summed E-state index contributed by atoms with van der Waals surface area (Å²) in [6, 6.07) is 12.4. The zero-order valence-electron chi connectivity index (χ0n) is 11.8. The van der Waals surface area contributed by atoms with Crippen LogP contribution in [0.25, 0.3) is 0 Å². The summed E-state index contributed by atoms with van der Waals surface area (Å²) in [4.78, 5) is 10.5. The quantitative estimate of drug-likeness (QED) is 0.632. The first kappa shape index (κ1) is 15.1. The van der Waals surface area contributed by atoms with Crippen LogP contribution in [0, 0.1) is 10.1 Å². The molecule has 21 heavy (non-hydrogen) atoms. The van der Waals surface area contributed by atoms with Gasteiger partial charge in [-0.1, -0.05) is 23.7 Å². The molecule has 0 aliphatic heterocycles. The zero-order chi connectivity index (χ0) is 15.4. The molecular weight excluding hydrogens is 290 g/mol. The number of nitro benzene ring substituents is 1. The molecule has 0 spiro atoms. The van der Waals surface area contributed by atoms with Gasteiger partial charge in [-0.2, -0.15) is 0 Å². The van der Waals surface area contributed by atoms with Crippen molar-refractivity contribution in [1.82, 2.24) is 0 Å². The van der Waals surface area contributed by atoms with Crippen molar-refractivity contribution in [3.63, 3.8) is 0 Å². The van der Waals surface area contributed by atoms with Crippen molar-refractivity contribution in [2.75, 3.05) is 17.7 Å². The zero-order valence-corrected chi connectivity index (χ0v) is 12.5. The third kappa shape index (κ3) is 3.86. The Hall–Kier alpha value is -2.27. The van der Waals surface area contributed by atoms with Gasteiger partial charge in [0.1, 0.15) is 0 Å². The number of benzene rings is 2. The van der Waals surface area contributed by atoms with Crippen LogP contribution in [0.4, 0.5) is 17.1 Å². The van der Waals surface area contributed by atoms with E-state index in [4.69, 9.17) is 11.6 Å². The lowest BCUT2D eigenvalue weighted by Gasteiger charge is -2.16. The molecule has 0 amide bonds. The number of nitrogens with one attached hydrogen (secondary N) is 2. The largest absolute Gasteiger partial charge is 0.388 e. The first-order valence-corrected chi connectivity index (χ1v) is 6.86. The predicted octanol–water partition coefficient (Wildman–Crippen LogP) is 4.46. The summed E-state index contributed by atoms with van der Waals surface area (Å²) in [6.45, 7) is 1.99. The molecule has 0 heterocycles. The van der Waals surface area contributed by atoms with Crippen LogP contribution in [0.3, 0.4) is 0 Å². The summed E-state index contributed by atoms with van der Waals surface area (Å²) in [5.74, 6) is 0. The number of non-ortho nitro benzene ring substituents is 1. The van der Waals surface area contributed by atoms with Gasteiger partial charge in [0.05, 0.1) is 4.92 Å². The summed E-state index contributed by atoms with van der Waals surface area (Å²) in [7, 11) is 1.73. The van der Waals surface area contributed by atoms with Crippen molar-refractivity contribution in [3.05, 3.63) is 63.2 Å². The summed E-state index contributed by atoms with van der Waals surface area (Å²) in [5.41, 5.74) is 2.48. The lowest BCUT2D eigenvalue weighted by Crippen LogP contribution is -2.07. The van der Waals surface area contributed by atoms with Gasteiger partial charge in [0, 0.05) is 41.6 Å². The summed E-state index contributed by atoms with van der Waals surface area (Å²) in [5, 5.41) is 17.8. The highest BCUT2D eigenvalue weighted by atomic mass is 35.5. The Morgan fingerprint density at radius 2 is 1.76 bits per heavy atom. The predicted molar refractivity (Wildman–Crippen MR) is 86.1 cm³/mol. The molecule has 1 unspecified atom stereocenters. The molecule has 0 aliphatic carbocycles. The van der Waals surface area contributed by atoms with Gasteiger partial charge in [0.15, 0.2) is 0 Å². The van der Waals surface area contributed by atoms with E-state index < -0.39 is 4.92 Å². The van der Waals surface area contributed by atoms with Gasteiger partial charge in [0.2, 0.25) is 0 Å². The monoisotopic (exact) mass is 305 g/mol. The minimum absolute atomic E-state index is 0.00831. The number of rotatable bonds is 5. The lowest BCUT2D eigenvalue weighted by molar-refractivity contribution is -0.384. The molecule has 0 saturated heterocycles. The van der Waals surface area contributed by atoms with Crippen molar-refractivity contribution in [1.29, 1.82) is 0 Å². The first-order valence-electron chi connectivity index (χ1n) is 6.49. The molecule has 0 fully saturated rings. The molecule has 2 rings (SSSR count). The summed E-state index contributed by atoms with van der Waals surface area (Å²) in [6.07, 6.45) is 0. The number of nitrogens with zero attached hydrogens (tertiary/aromatic N) is 1. The number of nitro groups is 1. The van der Waals surface area contributed by atoms with Gasteiger partial charge in [0.25, 0.3) is 5.69 Å². The Labute approximate surface area is 128 Å². The van der Waals surface area contributed by atoms with Crippen molar-refractivity contribution in [2.45, 2.75) is 13.0 Å². The minimum Gasteiger partial charge on any atom is -0.388 e. The third-order valence-corrected chi connectivity index (χ3v) is 3.42. The van der Waals surface area contributed by atoms with Gasteiger partial charge < -0.3 is 10.6 Å². The molecule has 2 aromatic carbocycles. The third-order valence-electron chi connectivity index (χ3n) is 3.17. The van der Waals surface area contributed by atoms with Crippen molar-refractivity contribution >= 4 is 28.7 Å². The van der Waals surface area contributed by atoms with Gasteiger partial charge in [-0.25, -0.2) is 0 Å². The van der Waals surface area contributed by atoms with Crippen LogP contribution < -0.4 is 10.6 Å². The average Bonchev–Trinajstić information content (AvgIpc) is 2.47. The molecule has 2 aromatic rings. The average molecular weight is 306 g/mol. The molecule has 0 aromatic heterocycles. The van der Waals surface area contributed by atoms with E-state index in [-0.39, 0.29) is 11.7 Å². The Balaban J connectivity index is 2.23. The van der Waals surface area contributed by atoms with E-state index in [0.29, 0.717) is 16.4 Å². The van der Waals surface area contributed by atoms with Gasteiger partial charge in [-0.3, -0.25) is 10.1 Å². The molecule has 6 heteroatoms. The topological polar surface area (TPSA) is 67.2 Å². The van der Waals surface area contributed by atoms with E-state index in [2.05, 4.69) is 10.6 Å². The number of hydrogen-bond acceptors (Lipinski definition) is 4. The minimum atomic E-state index is -0.404. The number of anilines is 2. The summed E-state index contributed by atoms with van der Waals surface area (Å²) >= 11 is 5.87. The Bertz CT molecular complexity index is 644. The van der Waals surface area contributed by atoms with E-state index in [1.165, 1.54) is 12.1 Å². The number of halogens is 1. The fourth-order valence-corrected chi connectivity index (χ4v) is 2.16. The maximum Gasteiger partial charge on any atom is 0.273 e. The van der Waals surface area contributed by atoms with Gasteiger partial charge >= 0.3 is 0 Å². The van der Waals surface area contributed by atoms with Crippen LogP contribution in [-0.2, 0) is 0 Å². The molecule has 0 radical (unpaired) electrons.